The Labute approximate surface area is 77.1 Å². The van der Waals surface area contributed by atoms with Crippen molar-refractivity contribution in [2.75, 3.05) is 20.1 Å². The Bertz CT molecular complexity index is 92.0. The molecule has 0 aromatic heterocycles. The Morgan fingerprint density at radius 2 is 1.42 bits per heavy atom. The Hall–Kier alpha value is -0.0800. The summed E-state index contributed by atoms with van der Waals surface area (Å²) in [5, 5.41) is 6.70. The molecule has 0 aromatic rings. The minimum absolute atomic E-state index is 0.651. The van der Waals surface area contributed by atoms with E-state index in [-0.39, 0.29) is 0 Å². The summed E-state index contributed by atoms with van der Waals surface area (Å²) in [6.07, 6.45) is 0. The first-order valence-electron chi connectivity index (χ1n) is 4.97. The van der Waals surface area contributed by atoms with Gasteiger partial charge in [0.25, 0.3) is 0 Å². The van der Waals surface area contributed by atoms with Crippen molar-refractivity contribution in [1.29, 1.82) is 0 Å². The van der Waals surface area contributed by atoms with Crippen molar-refractivity contribution in [3.05, 3.63) is 0 Å². The van der Waals surface area contributed by atoms with Crippen LogP contribution in [0.3, 0.4) is 0 Å². The van der Waals surface area contributed by atoms with E-state index in [2.05, 4.69) is 38.3 Å². The molecule has 0 aromatic carbocycles. The SMILES string of the molecule is CNCCNC(C(C)C)C(C)C. The normalized spacial score (nSPS) is 12.0. The van der Waals surface area contributed by atoms with Gasteiger partial charge in [-0.3, -0.25) is 0 Å². The van der Waals surface area contributed by atoms with Gasteiger partial charge in [-0.1, -0.05) is 27.7 Å². The molecule has 74 valence electrons. The van der Waals surface area contributed by atoms with Crippen molar-refractivity contribution in [2.24, 2.45) is 11.8 Å². The third-order valence-electron chi connectivity index (χ3n) is 2.19. The zero-order chi connectivity index (χ0) is 9.56. The highest BCUT2D eigenvalue weighted by molar-refractivity contribution is 4.73. The highest BCUT2D eigenvalue weighted by Gasteiger charge is 2.15. The summed E-state index contributed by atoms with van der Waals surface area (Å²) in [6, 6.07) is 0.651. The molecule has 0 unspecified atom stereocenters. The van der Waals surface area contributed by atoms with Gasteiger partial charge in [-0.25, -0.2) is 0 Å². The molecule has 0 fully saturated rings. The summed E-state index contributed by atoms with van der Waals surface area (Å²) < 4.78 is 0. The fourth-order valence-electron chi connectivity index (χ4n) is 1.61. The summed E-state index contributed by atoms with van der Waals surface area (Å²) >= 11 is 0. The van der Waals surface area contributed by atoms with Crippen molar-refractivity contribution < 1.29 is 0 Å². The van der Waals surface area contributed by atoms with Crippen LogP contribution in [-0.4, -0.2) is 26.2 Å². The monoisotopic (exact) mass is 172 g/mol. The minimum atomic E-state index is 0.651. The Morgan fingerprint density at radius 3 is 1.75 bits per heavy atom. The number of likely N-dealkylation sites (N-methyl/N-ethyl adjacent to an activating group) is 1. The molecule has 0 amide bonds. The summed E-state index contributed by atoms with van der Waals surface area (Å²) in [4.78, 5) is 0. The van der Waals surface area contributed by atoms with Crippen LogP contribution in [0.25, 0.3) is 0 Å². The number of rotatable bonds is 6. The molecule has 0 spiro atoms. The summed E-state index contributed by atoms with van der Waals surface area (Å²) in [7, 11) is 1.99. The zero-order valence-electron chi connectivity index (χ0n) is 9.15. The average molecular weight is 172 g/mol. The van der Waals surface area contributed by atoms with Crippen molar-refractivity contribution in [3.63, 3.8) is 0 Å². The molecule has 0 aliphatic rings. The molecule has 0 radical (unpaired) electrons. The van der Waals surface area contributed by atoms with Crippen molar-refractivity contribution in [2.45, 2.75) is 33.7 Å². The molecule has 0 rings (SSSR count). The van der Waals surface area contributed by atoms with Crippen LogP contribution in [0.4, 0.5) is 0 Å². The lowest BCUT2D eigenvalue weighted by atomic mass is 9.93. The average Bonchev–Trinajstić information content (AvgIpc) is 1.96. The fourth-order valence-corrected chi connectivity index (χ4v) is 1.61. The molecule has 0 saturated heterocycles. The van der Waals surface area contributed by atoms with Gasteiger partial charge >= 0.3 is 0 Å². The summed E-state index contributed by atoms with van der Waals surface area (Å²) in [6.45, 7) is 11.2. The first kappa shape index (κ1) is 11.9. The number of hydrogen-bond donors (Lipinski definition) is 2. The smallest absolute Gasteiger partial charge is 0.0114 e. The molecule has 2 N–H and O–H groups in total. The predicted octanol–water partition coefficient (Wildman–Crippen LogP) is 1.48. The van der Waals surface area contributed by atoms with Crippen LogP contribution in [0, 0.1) is 11.8 Å². The van der Waals surface area contributed by atoms with Gasteiger partial charge in [0.1, 0.15) is 0 Å². The van der Waals surface area contributed by atoms with E-state index in [1.165, 1.54) is 0 Å². The summed E-state index contributed by atoms with van der Waals surface area (Å²) in [5.74, 6) is 1.45. The Kier molecular flexibility index (Phi) is 6.39. The van der Waals surface area contributed by atoms with Gasteiger partial charge in [-0.05, 0) is 18.9 Å². The first-order chi connectivity index (χ1) is 5.59. The van der Waals surface area contributed by atoms with Gasteiger partial charge in [-0.15, -0.1) is 0 Å². The summed E-state index contributed by atoms with van der Waals surface area (Å²) in [5.41, 5.74) is 0. The van der Waals surface area contributed by atoms with Crippen LogP contribution in [0.1, 0.15) is 27.7 Å². The van der Waals surface area contributed by atoms with Gasteiger partial charge in [0.15, 0.2) is 0 Å². The van der Waals surface area contributed by atoms with Gasteiger partial charge in [-0.2, -0.15) is 0 Å². The molecule has 2 heteroatoms. The second-order valence-corrected chi connectivity index (χ2v) is 4.07. The van der Waals surface area contributed by atoms with Crippen molar-refractivity contribution in [3.8, 4) is 0 Å². The molecule has 2 nitrogen and oxygen atoms in total. The van der Waals surface area contributed by atoms with Crippen LogP contribution in [0.15, 0.2) is 0 Å². The predicted molar refractivity (Wildman–Crippen MR) is 55.4 cm³/mol. The number of hydrogen-bond acceptors (Lipinski definition) is 2. The molecule has 0 aliphatic carbocycles. The zero-order valence-corrected chi connectivity index (χ0v) is 9.15. The van der Waals surface area contributed by atoms with Crippen molar-refractivity contribution >= 4 is 0 Å². The lowest BCUT2D eigenvalue weighted by molar-refractivity contribution is 0.316. The fraction of sp³-hybridized carbons (Fsp3) is 1.00. The molecule has 0 atom stereocenters. The molecule has 0 heterocycles. The highest BCUT2D eigenvalue weighted by atomic mass is 15.0. The van der Waals surface area contributed by atoms with Gasteiger partial charge in [0.2, 0.25) is 0 Å². The lowest BCUT2D eigenvalue weighted by Gasteiger charge is -2.26. The van der Waals surface area contributed by atoms with E-state index in [1.807, 2.05) is 7.05 Å². The molecule has 0 saturated carbocycles. The maximum atomic E-state index is 3.56. The van der Waals surface area contributed by atoms with Crippen molar-refractivity contribution in [1.82, 2.24) is 10.6 Å². The lowest BCUT2D eigenvalue weighted by Crippen LogP contribution is -2.41. The maximum Gasteiger partial charge on any atom is 0.0114 e. The highest BCUT2D eigenvalue weighted by Crippen LogP contribution is 2.10. The quantitative estimate of drug-likeness (QED) is 0.593. The van der Waals surface area contributed by atoms with Gasteiger partial charge in [0, 0.05) is 19.1 Å². The number of nitrogens with one attached hydrogen (secondary N) is 2. The molecular weight excluding hydrogens is 148 g/mol. The van der Waals surface area contributed by atoms with Crippen LogP contribution in [-0.2, 0) is 0 Å². The van der Waals surface area contributed by atoms with Crippen LogP contribution < -0.4 is 10.6 Å². The van der Waals surface area contributed by atoms with Crippen LogP contribution >= 0.6 is 0 Å². The van der Waals surface area contributed by atoms with E-state index in [0.717, 1.165) is 24.9 Å². The Morgan fingerprint density at radius 1 is 0.917 bits per heavy atom. The van der Waals surface area contributed by atoms with Crippen LogP contribution in [0.5, 0.6) is 0 Å². The first-order valence-corrected chi connectivity index (χ1v) is 4.97. The third-order valence-corrected chi connectivity index (χ3v) is 2.19. The molecular formula is C10H24N2. The van der Waals surface area contributed by atoms with Gasteiger partial charge < -0.3 is 10.6 Å². The minimum Gasteiger partial charge on any atom is -0.318 e. The van der Waals surface area contributed by atoms with E-state index in [0.29, 0.717) is 6.04 Å². The van der Waals surface area contributed by atoms with E-state index >= 15 is 0 Å². The molecule has 0 aliphatic heterocycles. The van der Waals surface area contributed by atoms with E-state index < -0.39 is 0 Å². The van der Waals surface area contributed by atoms with E-state index in [9.17, 15) is 0 Å². The van der Waals surface area contributed by atoms with Gasteiger partial charge in [0.05, 0.1) is 0 Å². The third kappa shape index (κ3) is 4.73. The van der Waals surface area contributed by atoms with E-state index in [4.69, 9.17) is 0 Å². The molecule has 0 bridgehead atoms. The second-order valence-electron chi connectivity index (χ2n) is 4.07. The second kappa shape index (κ2) is 6.44. The maximum absolute atomic E-state index is 3.56. The topological polar surface area (TPSA) is 24.1 Å². The molecule has 12 heavy (non-hydrogen) atoms. The largest absolute Gasteiger partial charge is 0.318 e. The Balaban J connectivity index is 3.64. The van der Waals surface area contributed by atoms with Crippen LogP contribution in [0.2, 0.25) is 0 Å². The standard InChI is InChI=1S/C10H24N2/c1-8(2)10(9(3)4)12-7-6-11-5/h8-12H,6-7H2,1-5H3. The van der Waals surface area contributed by atoms with E-state index in [1.54, 1.807) is 0 Å².